The average molecular weight is 472 g/mol. The number of rotatable bonds is 7. The third-order valence-electron chi connectivity index (χ3n) is 5.27. The van der Waals surface area contributed by atoms with Crippen LogP contribution in [0.4, 0.5) is 22.0 Å². The first-order valence-electron chi connectivity index (χ1n) is 13.3. The van der Waals surface area contributed by atoms with Gasteiger partial charge in [-0.2, -0.15) is 5.10 Å². The van der Waals surface area contributed by atoms with E-state index in [4.69, 9.17) is 13.0 Å². The van der Waals surface area contributed by atoms with Gasteiger partial charge in [0.1, 0.15) is 6.33 Å². The Hall–Kier alpha value is -4.22. The van der Waals surface area contributed by atoms with Crippen LogP contribution in [0, 0.1) is 0 Å². The van der Waals surface area contributed by atoms with Crippen molar-refractivity contribution in [2.24, 2.45) is 6.98 Å². The Kier molecular flexibility index (Phi) is 4.50. The number of anilines is 3. The van der Waals surface area contributed by atoms with Crippen molar-refractivity contribution in [1.29, 1.82) is 0 Å². The molecule has 1 aliphatic heterocycles. The Morgan fingerprint density at radius 3 is 2.76 bits per heavy atom. The molecule has 3 heterocycles. The minimum atomic E-state index is -2.79. The molecule has 0 aliphatic carbocycles. The molecule has 2 N–H and O–H groups in total. The molecule has 0 bridgehead atoms. The number of aryl methyl sites for hydroxylation is 1. The van der Waals surface area contributed by atoms with E-state index < -0.39 is 19.9 Å². The molecule has 1 saturated heterocycles. The summed E-state index contributed by atoms with van der Waals surface area (Å²) in [5.41, 5.74) is 0.334. The molecule has 2 aromatic heterocycles. The number of ether oxygens (including phenoxy) is 1. The van der Waals surface area contributed by atoms with Crippen molar-refractivity contribution in [3.05, 3.63) is 36.3 Å². The van der Waals surface area contributed by atoms with Crippen molar-refractivity contribution >= 4 is 29.1 Å². The molecule has 0 atom stereocenters. The zero-order valence-corrected chi connectivity index (χ0v) is 18.7. The van der Waals surface area contributed by atoms with Gasteiger partial charge in [-0.15, -0.1) is 10.2 Å². The number of amides is 3. The molecule has 1 aliphatic rings. The highest BCUT2D eigenvalue weighted by molar-refractivity contribution is 6.00. The topological polar surface area (TPSA) is 130 Å². The molecule has 3 aromatic rings. The molecule has 1 fully saturated rings. The second-order valence-corrected chi connectivity index (χ2v) is 7.66. The number of carbonyl (C=O) groups is 2. The summed E-state index contributed by atoms with van der Waals surface area (Å²) in [5, 5.41) is 16.9. The number of para-hydroxylation sites is 1. The fraction of sp³-hybridized carbons (Fsp3) is 0.364. The highest BCUT2D eigenvalue weighted by Gasteiger charge is 2.33. The predicted octanol–water partition coefficient (Wildman–Crippen LogP) is 2.03. The monoisotopic (exact) mass is 471 g/mol. The number of hydrogen-bond acceptors (Lipinski definition) is 8. The molecule has 0 saturated carbocycles. The van der Waals surface area contributed by atoms with Crippen molar-refractivity contribution in [3.63, 3.8) is 0 Å². The van der Waals surface area contributed by atoms with E-state index in [-0.39, 0.29) is 40.8 Å². The smallest absolute Gasteiger partial charge is 0.326 e. The van der Waals surface area contributed by atoms with Crippen LogP contribution < -0.4 is 20.3 Å². The van der Waals surface area contributed by atoms with Gasteiger partial charge in [-0.25, -0.2) is 9.78 Å². The minimum Gasteiger partial charge on any atom is -0.494 e. The second kappa shape index (κ2) is 9.33. The van der Waals surface area contributed by atoms with Gasteiger partial charge in [0.2, 0.25) is 0 Å². The molecule has 34 heavy (non-hydrogen) atoms. The van der Waals surface area contributed by atoms with Crippen LogP contribution in [0.1, 0.15) is 32.6 Å². The summed E-state index contributed by atoms with van der Waals surface area (Å²) in [5.74, 6) is -0.600. The Bertz CT molecular complexity index is 1420. The zero-order valence-electron chi connectivity index (χ0n) is 24.7. The van der Waals surface area contributed by atoms with Crippen molar-refractivity contribution < 1.29 is 22.6 Å². The first-order valence-corrected chi connectivity index (χ1v) is 10.3. The molecular weight excluding hydrogens is 438 g/mol. The standard InChI is InChI=1S/C22H27N9O3/c1-13(2)30-9-10-31(22(30)33)17-11-16(18(27-26-17)21(32)23-3)25-15-8-6-7-14(19(15)34-5)20-24-12-29(4)28-20/h6-8,11-13H,9-10H2,1-5H3,(H,23,32)(H,25,26)/i3D3,4D3. The van der Waals surface area contributed by atoms with Crippen LogP contribution in [-0.4, -0.2) is 75.0 Å². The third-order valence-corrected chi connectivity index (χ3v) is 5.27. The summed E-state index contributed by atoms with van der Waals surface area (Å²) in [6.07, 6.45) is 1.08. The van der Waals surface area contributed by atoms with Gasteiger partial charge >= 0.3 is 6.03 Å². The molecule has 1 aromatic carbocycles. The van der Waals surface area contributed by atoms with Gasteiger partial charge in [-0.3, -0.25) is 14.4 Å². The van der Waals surface area contributed by atoms with Gasteiger partial charge in [0.15, 0.2) is 23.1 Å². The first kappa shape index (κ1) is 16.4. The summed E-state index contributed by atoms with van der Waals surface area (Å²) >= 11 is 0. The normalized spacial score (nSPS) is 16.9. The Morgan fingerprint density at radius 2 is 2.09 bits per heavy atom. The molecule has 0 radical (unpaired) electrons. The first-order chi connectivity index (χ1) is 18.7. The maximum atomic E-state index is 12.9. The summed E-state index contributed by atoms with van der Waals surface area (Å²) in [7, 11) is 1.38. The molecule has 0 unspecified atom stereocenters. The van der Waals surface area contributed by atoms with E-state index in [1.165, 1.54) is 18.1 Å². The number of aromatic nitrogens is 5. The second-order valence-electron chi connectivity index (χ2n) is 7.66. The van der Waals surface area contributed by atoms with E-state index in [1.54, 1.807) is 23.1 Å². The number of urea groups is 1. The number of nitrogens with one attached hydrogen (secondary N) is 2. The predicted molar refractivity (Wildman–Crippen MR) is 126 cm³/mol. The quantitative estimate of drug-likeness (QED) is 0.535. The van der Waals surface area contributed by atoms with Gasteiger partial charge in [0.05, 0.1) is 24.0 Å². The number of nitrogens with zero attached hydrogens (tertiary/aromatic N) is 7. The maximum Gasteiger partial charge on any atom is 0.326 e. The number of hydrogen-bond donors (Lipinski definition) is 2. The SMILES string of the molecule is [2H]C([2H])([2H])NC(=O)c1nnc(N2CCN(C(C)C)C2=O)cc1Nc1cccc(-c2ncn(C([2H])([2H])[2H])n2)c1OC. The van der Waals surface area contributed by atoms with E-state index in [0.29, 0.717) is 24.3 Å². The highest BCUT2D eigenvalue weighted by atomic mass is 16.5. The summed E-state index contributed by atoms with van der Waals surface area (Å²) in [6.45, 7) is -0.745. The molecule has 4 rings (SSSR count). The minimum absolute atomic E-state index is 0.0400. The summed E-state index contributed by atoms with van der Waals surface area (Å²) < 4.78 is 51.1. The van der Waals surface area contributed by atoms with E-state index >= 15 is 0 Å². The largest absolute Gasteiger partial charge is 0.494 e. The summed E-state index contributed by atoms with van der Waals surface area (Å²) in [6, 6.07) is 5.93. The van der Waals surface area contributed by atoms with Crippen LogP contribution in [0.25, 0.3) is 11.4 Å². The highest BCUT2D eigenvalue weighted by Crippen LogP contribution is 2.37. The molecule has 178 valence electrons. The number of methoxy groups -OCH3 is 1. The van der Waals surface area contributed by atoms with Gasteiger partial charge in [-0.05, 0) is 26.0 Å². The van der Waals surface area contributed by atoms with Crippen LogP contribution >= 0.6 is 0 Å². The molecule has 0 spiro atoms. The van der Waals surface area contributed by atoms with Crippen LogP contribution in [0.3, 0.4) is 0 Å². The van der Waals surface area contributed by atoms with Crippen molar-refractivity contribution in [1.82, 2.24) is 35.2 Å². The van der Waals surface area contributed by atoms with Gasteiger partial charge in [-0.1, -0.05) is 6.07 Å². The average Bonchev–Trinajstić information content (AvgIpc) is 3.50. The van der Waals surface area contributed by atoms with Crippen molar-refractivity contribution in [2.75, 3.05) is 37.4 Å². The summed E-state index contributed by atoms with van der Waals surface area (Å²) in [4.78, 5) is 32.9. The lowest BCUT2D eigenvalue weighted by Gasteiger charge is -2.21. The van der Waals surface area contributed by atoms with E-state index in [9.17, 15) is 9.59 Å². The lowest BCUT2D eigenvalue weighted by atomic mass is 10.1. The van der Waals surface area contributed by atoms with Crippen LogP contribution in [0.2, 0.25) is 0 Å². The Balaban J connectivity index is 1.77. The van der Waals surface area contributed by atoms with E-state index in [1.807, 2.05) is 19.2 Å². The Labute approximate surface area is 205 Å². The number of carbonyl (C=O) groups excluding carboxylic acids is 2. The maximum absolute atomic E-state index is 12.9. The molecule has 3 amide bonds. The van der Waals surface area contributed by atoms with Crippen LogP contribution in [-0.2, 0) is 6.98 Å². The van der Waals surface area contributed by atoms with Gasteiger partial charge in [0.25, 0.3) is 5.91 Å². The molecule has 12 heteroatoms. The van der Waals surface area contributed by atoms with E-state index in [2.05, 4.69) is 25.6 Å². The van der Waals surface area contributed by atoms with Crippen LogP contribution in [0.5, 0.6) is 5.75 Å². The molecule has 12 nitrogen and oxygen atoms in total. The lowest BCUT2D eigenvalue weighted by Crippen LogP contribution is -2.36. The lowest BCUT2D eigenvalue weighted by molar-refractivity contribution is 0.0958. The fourth-order valence-corrected chi connectivity index (χ4v) is 3.64. The van der Waals surface area contributed by atoms with E-state index in [0.717, 1.165) is 11.0 Å². The zero-order chi connectivity index (χ0) is 29.4. The number of benzene rings is 1. The third kappa shape index (κ3) is 4.21. The van der Waals surface area contributed by atoms with Crippen molar-refractivity contribution in [2.45, 2.75) is 19.9 Å². The van der Waals surface area contributed by atoms with Crippen LogP contribution in [0.15, 0.2) is 30.6 Å². The fourth-order valence-electron chi connectivity index (χ4n) is 3.64. The van der Waals surface area contributed by atoms with Gasteiger partial charge < -0.3 is 20.3 Å². The van der Waals surface area contributed by atoms with Gasteiger partial charge in [0, 0.05) is 47.4 Å². The Morgan fingerprint density at radius 1 is 1.24 bits per heavy atom. The molecular formula is C22H27N9O3. The van der Waals surface area contributed by atoms with Crippen molar-refractivity contribution in [3.8, 4) is 17.1 Å².